The Morgan fingerprint density at radius 2 is 1.48 bits per heavy atom. The number of fused-ring (bicyclic) bond motifs is 1. The van der Waals surface area contributed by atoms with Crippen molar-refractivity contribution in [3.63, 3.8) is 0 Å². The summed E-state index contributed by atoms with van der Waals surface area (Å²) in [4.78, 5) is 19.8. The standard InChI is InChI=1S/C24H29N3O4/c28-24(21-3-1-2-19(14-21)16-26-10-12-29-13-11-26)27-8-6-25(7-9-27)17-20-4-5-22-23(15-20)31-18-30-22/h1-5,14-15H,6-13,16-18H2. The molecule has 0 aromatic heterocycles. The lowest BCUT2D eigenvalue weighted by Gasteiger charge is -2.35. The molecular weight excluding hydrogens is 394 g/mol. The first-order valence-corrected chi connectivity index (χ1v) is 11.0. The van der Waals surface area contributed by atoms with Gasteiger partial charge in [-0.1, -0.05) is 18.2 Å². The molecule has 0 spiro atoms. The number of carbonyl (C=O) groups excluding carboxylic acids is 1. The van der Waals surface area contributed by atoms with Crippen LogP contribution in [0.5, 0.6) is 11.5 Å². The Balaban J connectivity index is 1.15. The van der Waals surface area contributed by atoms with Crippen LogP contribution in [0.15, 0.2) is 42.5 Å². The molecule has 0 radical (unpaired) electrons. The van der Waals surface area contributed by atoms with Crippen molar-refractivity contribution in [2.24, 2.45) is 0 Å². The second-order valence-electron chi connectivity index (χ2n) is 8.34. The fourth-order valence-corrected chi connectivity index (χ4v) is 4.41. The number of amides is 1. The maximum atomic E-state index is 13.1. The van der Waals surface area contributed by atoms with E-state index in [0.717, 1.165) is 82.6 Å². The molecule has 164 valence electrons. The first kappa shape index (κ1) is 20.3. The smallest absolute Gasteiger partial charge is 0.253 e. The highest BCUT2D eigenvalue weighted by molar-refractivity contribution is 5.94. The lowest BCUT2D eigenvalue weighted by atomic mass is 10.1. The van der Waals surface area contributed by atoms with Crippen molar-refractivity contribution in [3.05, 3.63) is 59.2 Å². The molecule has 2 fully saturated rings. The molecule has 2 aromatic rings. The predicted molar refractivity (Wildman–Crippen MR) is 116 cm³/mol. The van der Waals surface area contributed by atoms with Crippen LogP contribution < -0.4 is 9.47 Å². The monoisotopic (exact) mass is 423 g/mol. The van der Waals surface area contributed by atoms with E-state index in [9.17, 15) is 4.79 Å². The minimum absolute atomic E-state index is 0.131. The topological polar surface area (TPSA) is 54.5 Å². The van der Waals surface area contributed by atoms with Crippen LogP contribution in [-0.2, 0) is 17.8 Å². The van der Waals surface area contributed by atoms with E-state index in [1.165, 1.54) is 11.1 Å². The highest BCUT2D eigenvalue weighted by Crippen LogP contribution is 2.32. The molecule has 0 saturated carbocycles. The summed E-state index contributed by atoms with van der Waals surface area (Å²) in [7, 11) is 0. The Kier molecular flexibility index (Phi) is 6.06. The van der Waals surface area contributed by atoms with Crippen molar-refractivity contribution in [2.75, 3.05) is 59.3 Å². The van der Waals surface area contributed by atoms with E-state index >= 15 is 0 Å². The highest BCUT2D eigenvalue weighted by Gasteiger charge is 2.23. The number of benzene rings is 2. The summed E-state index contributed by atoms with van der Waals surface area (Å²) < 4.78 is 16.3. The van der Waals surface area contributed by atoms with Gasteiger partial charge in [0.1, 0.15) is 0 Å². The number of carbonyl (C=O) groups is 1. The van der Waals surface area contributed by atoms with E-state index in [2.05, 4.69) is 34.1 Å². The van der Waals surface area contributed by atoms with Gasteiger partial charge in [-0.3, -0.25) is 14.6 Å². The predicted octanol–water partition coefficient (Wildman–Crippen LogP) is 2.21. The minimum Gasteiger partial charge on any atom is -0.454 e. The molecule has 0 bridgehead atoms. The van der Waals surface area contributed by atoms with E-state index in [1.54, 1.807) is 0 Å². The SMILES string of the molecule is O=C(c1cccc(CN2CCOCC2)c1)N1CCN(Cc2ccc3c(c2)OCO3)CC1. The van der Waals surface area contributed by atoms with Gasteiger partial charge in [0.2, 0.25) is 6.79 Å². The third-order valence-electron chi connectivity index (χ3n) is 6.19. The van der Waals surface area contributed by atoms with Crippen molar-refractivity contribution < 1.29 is 19.0 Å². The Morgan fingerprint density at radius 1 is 0.774 bits per heavy atom. The molecule has 3 aliphatic heterocycles. The normalized spacial score (nSPS) is 19.5. The Morgan fingerprint density at radius 3 is 2.29 bits per heavy atom. The molecule has 7 heteroatoms. The highest BCUT2D eigenvalue weighted by atomic mass is 16.7. The second-order valence-corrected chi connectivity index (χ2v) is 8.34. The van der Waals surface area contributed by atoms with Crippen molar-refractivity contribution in [3.8, 4) is 11.5 Å². The summed E-state index contributed by atoms with van der Waals surface area (Å²) in [5, 5.41) is 0. The van der Waals surface area contributed by atoms with E-state index in [-0.39, 0.29) is 5.91 Å². The van der Waals surface area contributed by atoms with Gasteiger partial charge in [-0.15, -0.1) is 0 Å². The van der Waals surface area contributed by atoms with E-state index < -0.39 is 0 Å². The molecule has 0 N–H and O–H groups in total. The van der Waals surface area contributed by atoms with Gasteiger partial charge in [0.15, 0.2) is 11.5 Å². The first-order valence-electron chi connectivity index (χ1n) is 11.0. The third-order valence-corrected chi connectivity index (χ3v) is 6.19. The zero-order valence-electron chi connectivity index (χ0n) is 17.8. The number of morpholine rings is 1. The zero-order chi connectivity index (χ0) is 21.0. The maximum Gasteiger partial charge on any atom is 0.253 e. The van der Waals surface area contributed by atoms with Crippen LogP contribution in [0.2, 0.25) is 0 Å². The van der Waals surface area contributed by atoms with Crippen LogP contribution in [0, 0.1) is 0 Å². The van der Waals surface area contributed by atoms with E-state index in [4.69, 9.17) is 14.2 Å². The van der Waals surface area contributed by atoms with Crippen molar-refractivity contribution >= 4 is 5.91 Å². The summed E-state index contributed by atoms with van der Waals surface area (Å²) in [6.07, 6.45) is 0. The summed E-state index contributed by atoms with van der Waals surface area (Å²) >= 11 is 0. The third kappa shape index (κ3) is 4.84. The average Bonchev–Trinajstić information content (AvgIpc) is 3.28. The zero-order valence-corrected chi connectivity index (χ0v) is 17.8. The Hall–Kier alpha value is -2.61. The largest absolute Gasteiger partial charge is 0.454 e. The number of hydrogen-bond acceptors (Lipinski definition) is 6. The average molecular weight is 424 g/mol. The molecule has 31 heavy (non-hydrogen) atoms. The molecule has 0 atom stereocenters. The van der Waals surface area contributed by atoms with Crippen LogP contribution in [-0.4, -0.2) is 79.9 Å². The summed E-state index contributed by atoms with van der Waals surface area (Å²) in [6, 6.07) is 14.2. The van der Waals surface area contributed by atoms with E-state index in [1.807, 2.05) is 23.1 Å². The van der Waals surface area contributed by atoms with Gasteiger partial charge in [-0.2, -0.15) is 0 Å². The number of hydrogen-bond donors (Lipinski definition) is 0. The number of nitrogens with zero attached hydrogens (tertiary/aromatic N) is 3. The van der Waals surface area contributed by atoms with Crippen LogP contribution in [0.25, 0.3) is 0 Å². The maximum absolute atomic E-state index is 13.1. The fourth-order valence-electron chi connectivity index (χ4n) is 4.41. The van der Waals surface area contributed by atoms with Gasteiger partial charge in [-0.25, -0.2) is 0 Å². The molecule has 3 aliphatic rings. The van der Waals surface area contributed by atoms with E-state index in [0.29, 0.717) is 6.79 Å². The summed E-state index contributed by atoms with van der Waals surface area (Å²) in [5.41, 5.74) is 3.18. The number of piperazine rings is 1. The summed E-state index contributed by atoms with van der Waals surface area (Å²) in [6.45, 7) is 8.72. The van der Waals surface area contributed by atoms with Crippen LogP contribution in [0.4, 0.5) is 0 Å². The van der Waals surface area contributed by atoms with Crippen LogP contribution in [0.1, 0.15) is 21.5 Å². The Bertz CT molecular complexity index is 921. The molecule has 1 amide bonds. The van der Waals surface area contributed by atoms with Gasteiger partial charge in [0.05, 0.1) is 13.2 Å². The van der Waals surface area contributed by atoms with Crippen molar-refractivity contribution in [1.29, 1.82) is 0 Å². The first-order chi connectivity index (χ1) is 15.2. The minimum atomic E-state index is 0.131. The fraction of sp³-hybridized carbons (Fsp3) is 0.458. The van der Waals surface area contributed by atoms with Crippen LogP contribution >= 0.6 is 0 Å². The molecule has 2 aromatic carbocycles. The van der Waals surface area contributed by atoms with Gasteiger partial charge >= 0.3 is 0 Å². The number of ether oxygens (including phenoxy) is 3. The molecule has 3 heterocycles. The molecule has 5 rings (SSSR count). The number of rotatable bonds is 5. The van der Waals surface area contributed by atoms with Gasteiger partial charge < -0.3 is 19.1 Å². The van der Waals surface area contributed by atoms with Crippen molar-refractivity contribution in [2.45, 2.75) is 13.1 Å². The lowest BCUT2D eigenvalue weighted by molar-refractivity contribution is 0.0341. The molecular formula is C24H29N3O4. The molecule has 2 saturated heterocycles. The van der Waals surface area contributed by atoms with Crippen molar-refractivity contribution in [1.82, 2.24) is 14.7 Å². The Labute approximate surface area is 183 Å². The second kappa shape index (κ2) is 9.26. The van der Waals surface area contributed by atoms with Crippen LogP contribution in [0.3, 0.4) is 0 Å². The summed E-state index contributed by atoms with van der Waals surface area (Å²) in [5.74, 6) is 1.77. The van der Waals surface area contributed by atoms with Gasteiger partial charge in [0.25, 0.3) is 5.91 Å². The quantitative estimate of drug-likeness (QED) is 0.735. The molecule has 0 aliphatic carbocycles. The van der Waals surface area contributed by atoms with Gasteiger partial charge in [0, 0.05) is 57.9 Å². The van der Waals surface area contributed by atoms with Gasteiger partial charge in [-0.05, 0) is 35.4 Å². The molecule has 7 nitrogen and oxygen atoms in total. The lowest BCUT2D eigenvalue weighted by Crippen LogP contribution is -2.48. The molecule has 0 unspecified atom stereocenters.